The number of hydrogen-bond donors (Lipinski definition) is 1. The van der Waals surface area contributed by atoms with Gasteiger partial charge in [0.25, 0.3) is 0 Å². The number of nitrogens with one attached hydrogen (secondary N) is 1. The van der Waals surface area contributed by atoms with Crippen molar-refractivity contribution in [2.75, 3.05) is 0 Å². The van der Waals surface area contributed by atoms with E-state index in [-0.39, 0.29) is 0 Å². The van der Waals surface area contributed by atoms with Gasteiger partial charge in [-0.05, 0) is 44.7 Å². The molecular formula is C15H23N. The first-order chi connectivity index (χ1) is 7.65. The molecule has 0 aliphatic heterocycles. The molecule has 1 heteroatoms. The van der Waals surface area contributed by atoms with Crippen LogP contribution in [0.5, 0.6) is 0 Å². The first kappa shape index (κ1) is 13.0. The maximum absolute atomic E-state index is 3.76. The smallest absolute Gasteiger partial charge is 0.0296 e. The highest BCUT2D eigenvalue weighted by Crippen LogP contribution is 2.17. The van der Waals surface area contributed by atoms with E-state index in [0.717, 1.165) is 12.8 Å². The maximum atomic E-state index is 3.76. The zero-order chi connectivity index (χ0) is 12.0. The monoisotopic (exact) mass is 217 g/mol. The predicted octanol–water partition coefficient (Wildman–Crippen LogP) is 4.00. The average Bonchev–Trinajstić information content (AvgIpc) is 2.26. The van der Waals surface area contributed by atoms with Crippen LogP contribution in [0.2, 0.25) is 0 Å². The molecule has 0 aliphatic rings. The van der Waals surface area contributed by atoms with Gasteiger partial charge in [0.2, 0.25) is 0 Å². The van der Waals surface area contributed by atoms with Gasteiger partial charge in [-0.3, -0.25) is 0 Å². The Kier molecular flexibility index (Phi) is 5.27. The van der Waals surface area contributed by atoms with E-state index in [1.54, 1.807) is 0 Å². The quantitative estimate of drug-likeness (QED) is 0.710. The standard InChI is InChI=1S/C15H23N/c1-5-6-10-13(3)16-14(4)15-11-8-7-9-12(15)2/h5,7-9,11,13-14,16H,1,6,10H2,2-4H3. The third-order valence-corrected chi connectivity index (χ3v) is 2.99. The van der Waals surface area contributed by atoms with Crippen LogP contribution in [0.4, 0.5) is 0 Å². The van der Waals surface area contributed by atoms with Gasteiger partial charge in [-0.1, -0.05) is 30.3 Å². The van der Waals surface area contributed by atoms with E-state index in [1.807, 2.05) is 6.08 Å². The van der Waals surface area contributed by atoms with Crippen LogP contribution in [0.25, 0.3) is 0 Å². The molecule has 0 heterocycles. The van der Waals surface area contributed by atoms with Crippen molar-refractivity contribution in [3.8, 4) is 0 Å². The van der Waals surface area contributed by atoms with Crippen LogP contribution in [-0.2, 0) is 0 Å². The predicted molar refractivity (Wildman–Crippen MR) is 71.6 cm³/mol. The lowest BCUT2D eigenvalue weighted by Crippen LogP contribution is -2.29. The van der Waals surface area contributed by atoms with Crippen LogP contribution < -0.4 is 5.32 Å². The van der Waals surface area contributed by atoms with E-state index in [9.17, 15) is 0 Å². The van der Waals surface area contributed by atoms with Gasteiger partial charge < -0.3 is 5.32 Å². The van der Waals surface area contributed by atoms with Crippen molar-refractivity contribution in [2.24, 2.45) is 0 Å². The van der Waals surface area contributed by atoms with Gasteiger partial charge in [0, 0.05) is 12.1 Å². The Morgan fingerprint density at radius 1 is 1.31 bits per heavy atom. The van der Waals surface area contributed by atoms with Gasteiger partial charge in [0.05, 0.1) is 0 Å². The lowest BCUT2D eigenvalue weighted by Gasteiger charge is -2.21. The average molecular weight is 217 g/mol. The summed E-state index contributed by atoms with van der Waals surface area (Å²) in [6.07, 6.45) is 4.21. The lowest BCUT2D eigenvalue weighted by molar-refractivity contribution is 0.458. The summed E-state index contributed by atoms with van der Waals surface area (Å²) in [4.78, 5) is 0. The number of benzene rings is 1. The molecule has 2 atom stereocenters. The Morgan fingerprint density at radius 3 is 2.62 bits per heavy atom. The molecule has 0 spiro atoms. The third kappa shape index (κ3) is 3.82. The van der Waals surface area contributed by atoms with Gasteiger partial charge in [-0.15, -0.1) is 6.58 Å². The molecule has 0 bridgehead atoms. The zero-order valence-electron chi connectivity index (χ0n) is 10.7. The second-order valence-electron chi connectivity index (χ2n) is 4.51. The number of aryl methyl sites for hydroxylation is 1. The molecule has 16 heavy (non-hydrogen) atoms. The minimum absolute atomic E-state index is 0.418. The molecule has 0 aromatic heterocycles. The highest BCUT2D eigenvalue weighted by atomic mass is 14.9. The number of hydrogen-bond acceptors (Lipinski definition) is 1. The van der Waals surface area contributed by atoms with Crippen LogP contribution in [0.15, 0.2) is 36.9 Å². The van der Waals surface area contributed by atoms with Crippen molar-refractivity contribution in [2.45, 2.75) is 45.7 Å². The normalized spacial score (nSPS) is 14.4. The molecule has 0 radical (unpaired) electrons. The summed E-state index contributed by atoms with van der Waals surface area (Å²) >= 11 is 0. The molecule has 0 aliphatic carbocycles. The van der Waals surface area contributed by atoms with Gasteiger partial charge in [0.1, 0.15) is 0 Å². The minimum Gasteiger partial charge on any atom is -0.308 e. The molecule has 0 saturated carbocycles. The molecule has 88 valence electrons. The Hall–Kier alpha value is -1.08. The van der Waals surface area contributed by atoms with Crippen molar-refractivity contribution in [3.05, 3.63) is 48.0 Å². The van der Waals surface area contributed by atoms with Crippen molar-refractivity contribution < 1.29 is 0 Å². The molecule has 1 N–H and O–H groups in total. The second kappa shape index (κ2) is 6.49. The van der Waals surface area contributed by atoms with Crippen LogP contribution in [0, 0.1) is 6.92 Å². The van der Waals surface area contributed by atoms with Gasteiger partial charge in [0.15, 0.2) is 0 Å². The van der Waals surface area contributed by atoms with Gasteiger partial charge in [-0.2, -0.15) is 0 Å². The molecule has 1 nitrogen and oxygen atoms in total. The number of allylic oxidation sites excluding steroid dienone is 1. The van der Waals surface area contributed by atoms with E-state index in [4.69, 9.17) is 0 Å². The second-order valence-corrected chi connectivity index (χ2v) is 4.51. The Labute approximate surface area is 99.6 Å². The molecule has 0 fully saturated rings. The summed E-state index contributed by atoms with van der Waals surface area (Å²) in [7, 11) is 0. The molecule has 1 rings (SSSR count). The SMILES string of the molecule is C=CCCC(C)NC(C)c1ccccc1C. The fourth-order valence-corrected chi connectivity index (χ4v) is 2.04. The fraction of sp³-hybridized carbons (Fsp3) is 0.467. The maximum Gasteiger partial charge on any atom is 0.0296 e. The minimum atomic E-state index is 0.418. The third-order valence-electron chi connectivity index (χ3n) is 2.99. The summed E-state index contributed by atoms with van der Waals surface area (Å²) in [6.45, 7) is 10.4. The first-order valence-electron chi connectivity index (χ1n) is 6.07. The molecule has 2 unspecified atom stereocenters. The van der Waals surface area contributed by atoms with Crippen molar-refractivity contribution in [1.29, 1.82) is 0 Å². The lowest BCUT2D eigenvalue weighted by atomic mass is 10.0. The number of rotatable bonds is 6. The summed E-state index contributed by atoms with van der Waals surface area (Å²) in [5, 5.41) is 3.62. The molecule has 1 aromatic carbocycles. The molecule has 0 amide bonds. The van der Waals surface area contributed by atoms with E-state index < -0.39 is 0 Å². The molecular weight excluding hydrogens is 194 g/mol. The fourth-order valence-electron chi connectivity index (χ4n) is 2.04. The summed E-state index contributed by atoms with van der Waals surface area (Å²) in [6, 6.07) is 9.52. The van der Waals surface area contributed by atoms with Crippen molar-refractivity contribution >= 4 is 0 Å². The van der Waals surface area contributed by atoms with E-state index in [1.165, 1.54) is 11.1 Å². The largest absolute Gasteiger partial charge is 0.308 e. The molecule has 0 saturated heterocycles. The highest BCUT2D eigenvalue weighted by molar-refractivity contribution is 5.28. The van der Waals surface area contributed by atoms with E-state index in [2.05, 4.69) is 56.9 Å². The van der Waals surface area contributed by atoms with Gasteiger partial charge in [-0.25, -0.2) is 0 Å². The topological polar surface area (TPSA) is 12.0 Å². The van der Waals surface area contributed by atoms with E-state index in [0.29, 0.717) is 12.1 Å². The van der Waals surface area contributed by atoms with Crippen LogP contribution in [-0.4, -0.2) is 6.04 Å². The Bertz CT molecular complexity index is 330. The zero-order valence-corrected chi connectivity index (χ0v) is 10.7. The Morgan fingerprint density at radius 2 is 2.00 bits per heavy atom. The van der Waals surface area contributed by atoms with Crippen molar-refractivity contribution in [3.63, 3.8) is 0 Å². The van der Waals surface area contributed by atoms with E-state index >= 15 is 0 Å². The van der Waals surface area contributed by atoms with Crippen LogP contribution >= 0.6 is 0 Å². The summed E-state index contributed by atoms with van der Waals surface area (Å²) in [5.41, 5.74) is 2.76. The summed E-state index contributed by atoms with van der Waals surface area (Å²) in [5.74, 6) is 0. The van der Waals surface area contributed by atoms with Crippen LogP contribution in [0.3, 0.4) is 0 Å². The van der Waals surface area contributed by atoms with Crippen LogP contribution in [0.1, 0.15) is 43.9 Å². The first-order valence-corrected chi connectivity index (χ1v) is 6.07. The highest BCUT2D eigenvalue weighted by Gasteiger charge is 2.10. The Balaban J connectivity index is 2.55. The van der Waals surface area contributed by atoms with Crippen molar-refractivity contribution in [1.82, 2.24) is 5.32 Å². The van der Waals surface area contributed by atoms with Gasteiger partial charge >= 0.3 is 0 Å². The molecule has 1 aromatic rings. The summed E-state index contributed by atoms with van der Waals surface area (Å²) < 4.78 is 0.